The molecule has 1 heterocycles. The van der Waals surface area contributed by atoms with Gasteiger partial charge in [-0.1, -0.05) is 18.2 Å². The molecule has 1 aromatic carbocycles. The molecule has 0 saturated carbocycles. The fraction of sp³-hybridized carbons (Fsp3) is 0.385. The highest BCUT2D eigenvalue weighted by Gasteiger charge is 2.11. The average Bonchev–Trinajstić information content (AvgIpc) is 2.83. The van der Waals surface area contributed by atoms with Crippen molar-refractivity contribution in [3.8, 4) is 0 Å². The van der Waals surface area contributed by atoms with Crippen molar-refractivity contribution in [1.29, 1.82) is 0 Å². The van der Waals surface area contributed by atoms with Crippen LogP contribution in [0.15, 0.2) is 18.2 Å². The molecule has 6 nitrogen and oxygen atoms in total. The first kappa shape index (κ1) is 13.4. The molecule has 6 heteroatoms. The van der Waals surface area contributed by atoms with Crippen molar-refractivity contribution in [2.75, 3.05) is 6.54 Å². The molecule has 0 bridgehead atoms. The SMILES string of the molecule is O=C(O)CCNC(=O)NCc1ccc2c(c1)COC2. The number of benzene rings is 1. The Labute approximate surface area is 110 Å². The zero-order valence-electron chi connectivity index (χ0n) is 10.4. The van der Waals surface area contributed by atoms with Gasteiger partial charge in [0.25, 0.3) is 0 Å². The molecule has 0 unspecified atom stereocenters. The van der Waals surface area contributed by atoms with Crippen LogP contribution in [-0.4, -0.2) is 23.7 Å². The molecular weight excluding hydrogens is 248 g/mol. The molecule has 2 amide bonds. The van der Waals surface area contributed by atoms with Gasteiger partial charge in [0, 0.05) is 13.1 Å². The van der Waals surface area contributed by atoms with Crippen molar-refractivity contribution in [1.82, 2.24) is 10.6 Å². The molecule has 0 atom stereocenters. The molecule has 0 aliphatic carbocycles. The van der Waals surface area contributed by atoms with Crippen molar-refractivity contribution in [3.05, 3.63) is 34.9 Å². The molecule has 0 saturated heterocycles. The number of carbonyl (C=O) groups is 2. The second-order valence-electron chi connectivity index (χ2n) is 4.35. The molecule has 1 aliphatic rings. The van der Waals surface area contributed by atoms with Crippen molar-refractivity contribution in [3.63, 3.8) is 0 Å². The Morgan fingerprint density at radius 1 is 1.21 bits per heavy atom. The van der Waals surface area contributed by atoms with E-state index in [0.717, 1.165) is 11.1 Å². The first-order valence-corrected chi connectivity index (χ1v) is 6.07. The number of amides is 2. The zero-order valence-corrected chi connectivity index (χ0v) is 10.4. The molecule has 3 N–H and O–H groups in total. The number of hydrogen-bond acceptors (Lipinski definition) is 3. The zero-order chi connectivity index (χ0) is 13.7. The van der Waals surface area contributed by atoms with E-state index in [-0.39, 0.29) is 19.0 Å². The Kier molecular flexibility index (Phi) is 4.35. The van der Waals surface area contributed by atoms with Gasteiger partial charge in [0.15, 0.2) is 0 Å². The summed E-state index contributed by atoms with van der Waals surface area (Å²) in [5.41, 5.74) is 3.35. The van der Waals surface area contributed by atoms with E-state index >= 15 is 0 Å². The highest BCUT2D eigenvalue weighted by Crippen LogP contribution is 2.20. The number of carbonyl (C=O) groups excluding carboxylic acids is 1. The van der Waals surface area contributed by atoms with Crippen LogP contribution in [0.25, 0.3) is 0 Å². The summed E-state index contributed by atoms with van der Waals surface area (Å²) in [6, 6.07) is 5.60. The number of hydrogen-bond donors (Lipinski definition) is 3. The molecule has 19 heavy (non-hydrogen) atoms. The van der Waals surface area contributed by atoms with Gasteiger partial charge in [-0.05, 0) is 16.7 Å². The molecule has 1 aromatic rings. The van der Waals surface area contributed by atoms with E-state index in [2.05, 4.69) is 10.6 Å². The number of ether oxygens (including phenoxy) is 1. The third-order valence-electron chi connectivity index (χ3n) is 2.86. The summed E-state index contributed by atoms with van der Waals surface area (Å²) in [7, 11) is 0. The van der Waals surface area contributed by atoms with E-state index in [9.17, 15) is 9.59 Å². The number of carboxylic acids is 1. The number of urea groups is 1. The van der Waals surface area contributed by atoms with Gasteiger partial charge < -0.3 is 20.5 Å². The van der Waals surface area contributed by atoms with Crippen LogP contribution in [0.5, 0.6) is 0 Å². The Balaban J connectivity index is 1.76. The van der Waals surface area contributed by atoms with E-state index in [1.165, 1.54) is 5.56 Å². The Bertz CT molecular complexity index is 488. The second-order valence-corrected chi connectivity index (χ2v) is 4.35. The quantitative estimate of drug-likeness (QED) is 0.740. The van der Waals surface area contributed by atoms with Crippen LogP contribution in [0.4, 0.5) is 4.79 Å². The smallest absolute Gasteiger partial charge is 0.315 e. The van der Waals surface area contributed by atoms with Crippen LogP contribution >= 0.6 is 0 Å². The highest BCUT2D eigenvalue weighted by atomic mass is 16.5. The maximum absolute atomic E-state index is 11.4. The summed E-state index contributed by atoms with van der Waals surface area (Å²) in [6.45, 7) is 1.80. The largest absolute Gasteiger partial charge is 0.481 e. The van der Waals surface area contributed by atoms with Gasteiger partial charge >= 0.3 is 12.0 Å². The van der Waals surface area contributed by atoms with Gasteiger partial charge in [-0.25, -0.2) is 4.79 Å². The van der Waals surface area contributed by atoms with Crippen molar-refractivity contribution >= 4 is 12.0 Å². The maximum atomic E-state index is 11.4. The molecule has 0 radical (unpaired) electrons. The summed E-state index contributed by atoms with van der Waals surface area (Å²) >= 11 is 0. The van der Waals surface area contributed by atoms with Gasteiger partial charge in [0.2, 0.25) is 0 Å². The highest BCUT2D eigenvalue weighted by molar-refractivity contribution is 5.74. The summed E-state index contributed by atoms with van der Waals surface area (Å²) in [4.78, 5) is 21.7. The number of carboxylic acid groups (broad SMARTS) is 1. The van der Waals surface area contributed by atoms with Crippen LogP contribution in [0.2, 0.25) is 0 Å². The molecule has 0 fully saturated rings. The topological polar surface area (TPSA) is 87.7 Å². The first-order valence-electron chi connectivity index (χ1n) is 6.07. The van der Waals surface area contributed by atoms with Crippen LogP contribution in [-0.2, 0) is 29.3 Å². The summed E-state index contributed by atoms with van der Waals surface area (Å²) < 4.78 is 5.32. The van der Waals surface area contributed by atoms with E-state index < -0.39 is 5.97 Å². The Morgan fingerprint density at radius 3 is 2.79 bits per heavy atom. The van der Waals surface area contributed by atoms with Crippen molar-refractivity contribution in [2.45, 2.75) is 26.2 Å². The van der Waals surface area contributed by atoms with E-state index in [1.54, 1.807) is 0 Å². The lowest BCUT2D eigenvalue weighted by atomic mass is 10.1. The van der Waals surface area contributed by atoms with Crippen LogP contribution in [0, 0.1) is 0 Å². The normalized spacial score (nSPS) is 12.8. The lowest BCUT2D eigenvalue weighted by molar-refractivity contribution is -0.136. The number of aliphatic carboxylic acids is 1. The summed E-state index contributed by atoms with van der Waals surface area (Å²) in [5.74, 6) is -0.932. The molecule has 0 aromatic heterocycles. The lowest BCUT2D eigenvalue weighted by Crippen LogP contribution is -2.36. The number of rotatable bonds is 5. The standard InChI is InChI=1S/C13H16N2O4/c16-12(17)3-4-14-13(18)15-6-9-1-2-10-7-19-8-11(10)5-9/h1-2,5H,3-4,6-8H2,(H,16,17)(H2,14,15,18). The van der Waals surface area contributed by atoms with Crippen molar-refractivity contribution < 1.29 is 19.4 Å². The van der Waals surface area contributed by atoms with E-state index in [4.69, 9.17) is 9.84 Å². The second kappa shape index (κ2) is 6.19. The third kappa shape index (κ3) is 3.96. The predicted octanol–water partition coefficient (Wildman–Crippen LogP) is 0.991. The summed E-state index contributed by atoms with van der Waals surface area (Å²) in [6.07, 6.45) is -0.0798. The monoisotopic (exact) mass is 264 g/mol. The van der Waals surface area contributed by atoms with Crippen molar-refractivity contribution in [2.24, 2.45) is 0 Å². The minimum absolute atomic E-state index is 0.0798. The fourth-order valence-corrected chi connectivity index (χ4v) is 1.86. The summed E-state index contributed by atoms with van der Waals surface area (Å²) in [5, 5.41) is 13.6. The van der Waals surface area contributed by atoms with Crippen LogP contribution in [0.3, 0.4) is 0 Å². The van der Waals surface area contributed by atoms with Gasteiger partial charge in [-0.2, -0.15) is 0 Å². The van der Waals surface area contributed by atoms with Crippen LogP contribution in [0.1, 0.15) is 23.1 Å². The molecule has 2 rings (SSSR count). The third-order valence-corrected chi connectivity index (χ3v) is 2.86. The minimum atomic E-state index is -0.932. The van der Waals surface area contributed by atoms with Gasteiger partial charge in [0.05, 0.1) is 19.6 Å². The van der Waals surface area contributed by atoms with Gasteiger partial charge in [-0.15, -0.1) is 0 Å². The molecule has 1 aliphatic heterocycles. The molecule has 0 spiro atoms. The van der Waals surface area contributed by atoms with Crippen LogP contribution < -0.4 is 10.6 Å². The molecule has 102 valence electrons. The first-order chi connectivity index (χ1) is 9.15. The minimum Gasteiger partial charge on any atom is -0.481 e. The molecular formula is C13H16N2O4. The predicted molar refractivity (Wildman–Crippen MR) is 67.4 cm³/mol. The number of fused-ring (bicyclic) bond motifs is 1. The van der Waals surface area contributed by atoms with E-state index in [0.29, 0.717) is 19.8 Å². The van der Waals surface area contributed by atoms with Gasteiger partial charge in [-0.3, -0.25) is 4.79 Å². The Morgan fingerprint density at radius 2 is 2.00 bits per heavy atom. The van der Waals surface area contributed by atoms with E-state index in [1.807, 2.05) is 18.2 Å². The number of nitrogens with one attached hydrogen (secondary N) is 2. The lowest BCUT2D eigenvalue weighted by Gasteiger charge is -2.07. The maximum Gasteiger partial charge on any atom is 0.315 e. The Hall–Kier alpha value is -2.08. The average molecular weight is 264 g/mol. The fourth-order valence-electron chi connectivity index (χ4n) is 1.86. The van der Waals surface area contributed by atoms with Gasteiger partial charge in [0.1, 0.15) is 0 Å².